The first-order valence-electron chi connectivity index (χ1n) is 6.02. The summed E-state index contributed by atoms with van der Waals surface area (Å²) in [6, 6.07) is 3.78. The van der Waals surface area contributed by atoms with Crippen molar-refractivity contribution < 1.29 is 18.6 Å². The molecule has 2 nitrogen and oxygen atoms in total. The molecule has 1 N–H and O–H groups in total. The fourth-order valence-corrected chi connectivity index (χ4v) is 1.91. The van der Waals surface area contributed by atoms with Gasteiger partial charge in [0.15, 0.2) is 11.6 Å². The van der Waals surface area contributed by atoms with Gasteiger partial charge in [0.2, 0.25) is 0 Å². The van der Waals surface area contributed by atoms with Crippen molar-refractivity contribution in [2.24, 2.45) is 5.41 Å². The fourth-order valence-electron chi connectivity index (χ4n) is 1.91. The molecule has 0 fully saturated rings. The first-order chi connectivity index (χ1) is 8.29. The molecular formula is C14H20F2O2. The second-order valence-corrected chi connectivity index (χ2v) is 5.33. The number of halogens is 2. The van der Waals surface area contributed by atoms with Crippen molar-refractivity contribution >= 4 is 0 Å². The van der Waals surface area contributed by atoms with Gasteiger partial charge in [0.05, 0.1) is 6.10 Å². The van der Waals surface area contributed by atoms with Crippen LogP contribution in [-0.4, -0.2) is 17.8 Å². The van der Waals surface area contributed by atoms with E-state index in [1.54, 1.807) is 6.92 Å². The lowest BCUT2D eigenvalue weighted by atomic mass is 9.83. The second kappa shape index (κ2) is 5.76. The largest absolute Gasteiger partial charge is 0.386 e. The van der Waals surface area contributed by atoms with Gasteiger partial charge in [0.1, 0.15) is 6.10 Å². The summed E-state index contributed by atoms with van der Waals surface area (Å²) in [5, 5.41) is 10.2. The second-order valence-electron chi connectivity index (χ2n) is 5.33. The summed E-state index contributed by atoms with van der Waals surface area (Å²) >= 11 is 0. The van der Waals surface area contributed by atoms with E-state index in [1.165, 1.54) is 12.1 Å². The molecule has 0 aliphatic carbocycles. The molecule has 1 aromatic rings. The van der Waals surface area contributed by atoms with Crippen LogP contribution in [0, 0.1) is 17.0 Å². The Morgan fingerprint density at radius 1 is 1.28 bits per heavy atom. The number of hydrogen-bond donors (Lipinski definition) is 1. The van der Waals surface area contributed by atoms with Crippen molar-refractivity contribution in [2.75, 3.05) is 6.61 Å². The van der Waals surface area contributed by atoms with E-state index in [0.717, 1.165) is 6.07 Å². The highest BCUT2D eigenvalue weighted by Crippen LogP contribution is 2.34. The van der Waals surface area contributed by atoms with Crippen molar-refractivity contribution in [3.05, 3.63) is 35.4 Å². The van der Waals surface area contributed by atoms with Crippen LogP contribution in [0.15, 0.2) is 18.2 Å². The predicted molar refractivity (Wildman–Crippen MR) is 66.2 cm³/mol. The lowest BCUT2D eigenvalue weighted by molar-refractivity contribution is -0.0910. The minimum atomic E-state index is -1.19. The van der Waals surface area contributed by atoms with Gasteiger partial charge in [0, 0.05) is 12.2 Å². The van der Waals surface area contributed by atoms with E-state index in [-0.39, 0.29) is 11.0 Å². The third-order valence-corrected chi connectivity index (χ3v) is 2.79. The van der Waals surface area contributed by atoms with Gasteiger partial charge < -0.3 is 9.84 Å². The lowest BCUT2D eigenvalue weighted by Crippen LogP contribution is -2.35. The number of rotatable bonds is 4. The first kappa shape index (κ1) is 15.1. The lowest BCUT2D eigenvalue weighted by Gasteiger charge is -2.34. The molecular weight excluding hydrogens is 238 g/mol. The monoisotopic (exact) mass is 258 g/mol. The molecule has 0 bridgehead atoms. The normalized spacial score (nSPS) is 15.5. The highest BCUT2D eigenvalue weighted by molar-refractivity contribution is 5.22. The standard InChI is InChI=1S/C14H20F2O2/c1-5-18-13(14(2,3)4)12(17)9-7-6-8-10(15)11(9)16/h6-8,12-13,17H,5H2,1-4H3. The molecule has 0 spiro atoms. The molecule has 0 heterocycles. The topological polar surface area (TPSA) is 29.5 Å². The van der Waals surface area contributed by atoms with Crippen LogP contribution in [0.2, 0.25) is 0 Å². The summed E-state index contributed by atoms with van der Waals surface area (Å²) in [7, 11) is 0. The smallest absolute Gasteiger partial charge is 0.164 e. The summed E-state index contributed by atoms with van der Waals surface area (Å²) in [5.41, 5.74) is -0.447. The van der Waals surface area contributed by atoms with Gasteiger partial charge in [-0.25, -0.2) is 8.78 Å². The van der Waals surface area contributed by atoms with Gasteiger partial charge in [-0.3, -0.25) is 0 Å². The molecule has 0 saturated heterocycles. The molecule has 0 aliphatic rings. The molecule has 2 atom stereocenters. The van der Waals surface area contributed by atoms with E-state index >= 15 is 0 Å². The molecule has 1 rings (SSSR count). The molecule has 0 radical (unpaired) electrons. The van der Waals surface area contributed by atoms with E-state index in [1.807, 2.05) is 20.8 Å². The Morgan fingerprint density at radius 3 is 2.39 bits per heavy atom. The van der Waals surface area contributed by atoms with E-state index in [9.17, 15) is 13.9 Å². The average Bonchev–Trinajstić information content (AvgIpc) is 2.27. The summed E-state index contributed by atoms with van der Waals surface area (Å²) in [5.74, 6) is -1.98. The Balaban J connectivity index is 3.10. The number of ether oxygens (including phenoxy) is 1. The Labute approximate surface area is 107 Å². The quantitative estimate of drug-likeness (QED) is 0.896. The predicted octanol–water partition coefficient (Wildman–Crippen LogP) is 3.45. The SMILES string of the molecule is CCOC(C(O)c1cccc(F)c1F)C(C)(C)C. The van der Waals surface area contributed by atoms with Gasteiger partial charge >= 0.3 is 0 Å². The third kappa shape index (κ3) is 3.27. The van der Waals surface area contributed by atoms with Crippen molar-refractivity contribution in [1.29, 1.82) is 0 Å². The molecule has 18 heavy (non-hydrogen) atoms. The number of benzene rings is 1. The van der Waals surface area contributed by atoms with Crippen molar-refractivity contribution in [3.63, 3.8) is 0 Å². The molecule has 0 aromatic heterocycles. The van der Waals surface area contributed by atoms with Crippen LogP contribution in [0.5, 0.6) is 0 Å². The van der Waals surface area contributed by atoms with Gasteiger partial charge in [-0.1, -0.05) is 32.9 Å². The van der Waals surface area contributed by atoms with Gasteiger partial charge in [-0.05, 0) is 18.4 Å². The third-order valence-electron chi connectivity index (χ3n) is 2.79. The van der Waals surface area contributed by atoms with Crippen LogP contribution < -0.4 is 0 Å². The summed E-state index contributed by atoms with van der Waals surface area (Å²) in [4.78, 5) is 0. The zero-order valence-corrected chi connectivity index (χ0v) is 11.2. The molecule has 4 heteroatoms. The summed E-state index contributed by atoms with van der Waals surface area (Å²) < 4.78 is 32.3. The molecule has 102 valence electrons. The first-order valence-corrected chi connectivity index (χ1v) is 6.02. The summed E-state index contributed by atoms with van der Waals surface area (Å²) in [6.07, 6.45) is -1.79. The van der Waals surface area contributed by atoms with E-state index in [0.29, 0.717) is 6.61 Å². The zero-order chi connectivity index (χ0) is 13.9. The van der Waals surface area contributed by atoms with Crippen LogP contribution in [0.3, 0.4) is 0 Å². The van der Waals surface area contributed by atoms with E-state index in [4.69, 9.17) is 4.74 Å². The van der Waals surface area contributed by atoms with Gasteiger partial charge in [-0.2, -0.15) is 0 Å². The maximum atomic E-state index is 13.7. The zero-order valence-electron chi connectivity index (χ0n) is 11.2. The van der Waals surface area contributed by atoms with Crippen LogP contribution in [0.1, 0.15) is 39.4 Å². The number of aliphatic hydroxyl groups excluding tert-OH is 1. The average molecular weight is 258 g/mol. The van der Waals surface area contributed by atoms with Crippen LogP contribution in [0.25, 0.3) is 0 Å². The van der Waals surface area contributed by atoms with E-state index < -0.39 is 23.8 Å². The highest BCUT2D eigenvalue weighted by Gasteiger charge is 2.34. The number of aliphatic hydroxyl groups is 1. The Kier molecular flexibility index (Phi) is 4.82. The minimum Gasteiger partial charge on any atom is -0.386 e. The molecule has 1 aromatic carbocycles. The van der Waals surface area contributed by atoms with Crippen molar-refractivity contribution in [2.45, 2.75) is 39.9 Å². The maximum Gasteiger partial charge on any atom is 0.164 e. The Hall–Kier alpha value is -1.00. The van der Waals surface area contributed by atoms with Crippen molar-refractivity contribution in [3.8, 4) is 0 Å². The molecule has 0 amide bonds. The molecule has 2 unspecified atom stereocenters. The molecule has 0 saturated carbocycles. The number of hydrogen-bond acceptors (Lipinski definition) is 2. The van der Waals surface area contributed by atoms with E-state index in [2.05, 4.69) is 0 Å². The van der Waals surface area contributed by atoms with Gasteiger partial charge in [-0.15, -0.1) is 0 Å². The van der Waals surface area contributed by atoms with Crippen LogP contribution in [0.4, 0.5) is 8.78 Å². The van der Waals surface area contributed by atoms with Crippen molar-refractivity contribution in [1.82, 2.24) is 0 Å². The minimum absolute atomic E-state index is 0.0663. The maximum absolute atomic E-state index is 13.7. The Morgan fingerprint density at radius 2 is 1.89 bits per heavy atom. The molecule has 0 aliphatic heterocycles. The highest BCUT2D eigenvalue weighted by atomic mass is 19.2. The Bertz CT molecular complexity index is 399. The fraction of sp³-hybridized carbons (Fsp3) is 0.571. The van der Waals surface area contributed by atoms with Gasteiger partial charge in [0.25, 0.3) is 0 Å². The van der Waals surface area contributed by atoms with Crippen LogP contribution in [-0.2, 0) is 4.74 Å². The van der Waals surface area contributed by atoms with Crippen LogP contribution >= 0.6 is 0 Å². The summed E-state index contributed by atoms with van der Waals surface area (Å²) in [6.45, 7) is 7.85.